The van der Waals surface area contributed by atoms with Gasteiger partial charge in [0.05, 0.1) is 12.3 Å². The molecule has 0 bridgehead atoms. The highest BCUT2D eigenvalue weighted by molar-refractivity contribution is 7.13. The maximum atomic E-state index is 4.99. The van der Waals surface area contributed by atoms with E-state index in [0.29, 0.717) is 6.04 Å². The molecule has 0 radical (unpaired) electrons. The van der Waals surface area contributed by atoms with Gasteiger partial charge >= 0.3 is 0 Å². The Morgan fingerprint density at radius 1 is 1.56 bits per heavy atom. The van der Waals surface area contributed by atoms with Crippen LogP contribution >= 0.6 is 11.3 Å². The van der Waals surface area contributed by atoms with Gasteiger partial charge in [-0.25, -0.2) is 4.98 Å². The number of hydrogen-bond acceptors (Lipinski definition) is 5. The van der Waals surface area contributed by atoms with Crippen molar-refractivity contribution in [3.05, 3.63) is 11.1 Å². The molecule has 18 heavy (non-hydrogen) atoms. The van der Waals surface area contributed by atoms with Crippen LogP contribution in [0.4, 0.5) is 5.13 Å². The van der Waals surface area contributed by atoms with Crippen molar-refractivity contribution >= 4 is 16.5 Å². The van der Waals surface area contributed by atoms with Crippen molar-refractivity contribution in [2.24, 2.45) is 0 Å². The maximum Gasteiger partial charge on any atom is 0.185 e. The number of nitrogens with one attached hydrogen (secondary N) is 1. The van der Waals surface area contributed by atoms with Crippen LogP contribution in [0.1, 0.15) is 32.4 Å². The standard InChI is InChI=1S/C13H25N3OS/c1-5-6-11(2)16(3)13-15-12(10-18-13)9-14-7-8-17-4/h10-11,14H,5-9H2,1-4H3. The van der Waals surface area contributed by atoms with Gasteiger partial charge in [0.25, 0.3) is 0 Å². The zero-order chi connectivity index (χ0) is 13.4. The molecule has 0 aliphatic heterocycles. The molecule has 0 aromatic carbocycles. The molecule has 0 amide bonds. The SMILES string of the molecule is CCCC(C)N(C)c1nc(CNCCOC)cs1. The number of nitrogens with zero attached hydrogens (tertiary/aromatic N) is 2. The van der Waals surface area contributed by atoms with Crippen LogP contribution in [0.3, 0.4) is 0 Å². The smallest absolute Gasteiger partial charge is 0.185 e. The average Bonchev–Trinajstić information content (AvgIpc) is 2.83. The molecule has 0 aliphatic carbocycles. The van der Waals surface area contributed by atoms with Gasteiger partial charge in [-0.3, -0.25) is 0 Å². The summed E-state index contributed by atoms with van der Waals surface area (Å²) in [5, 5.41) is 6.55. The highest BCUT2D eigenvalue weighted by Gasteiger charge is 2.12. The first kappa shape index (κ1) is 15.4. The minimum absolute atomic E-state index is 0.551. The van der Waals surface area contributed by atoms with Crippen molar-refractivity contribution in [2.45, 2.75) is 39.3 Å². The predicted molar refractivity (Wildman–Crippen MR) is 78.5 cm³/mol. The second-order valence-corrected chi connectivity index (χ2v) is 5.38. The Balaban J connectivity index is 2.41. The van der Waals surface area contributed by atoms with E-state index < -0.39 is 0 Å². The summed E-state index contributed by atoms with van der Waals surface area (Å²) < 4.78 is 4.99. The summed E-state index contributed by atoms with van der Waals surface area (Å²) in [6.07, 6.45) is 2.42. The van der Waals surface area contributed by atoms with Crippen molar-refractivity contribution in [3.63, 3.8) is 0 Å². The van der Waals surface area contributed by atoms with Crippen molar-refractivity contribution in [2.75, 3.05) is 32.2 Å². The highest BCUT2D eigenvalue weighted by atomic mass is 32.1. The minimum atomic E-state index is 0.551. The van der Waals surface area contributed by atoms with Gasteiger partial charge in [-0.05, 0) is 13.3 Å². The molecule has 0 saturated heterocycles. The Hall–Kier alpha value is -0.650. The van der Waals surface area contributed by atoms with Gasteiger partial charge in [0.2, 0.25) is 0 Å². The van der Waals surface area contributed by atoms with E-state index in [0.717, 1.165) is 30.5 Å². The summed E-state index contributed by atoms with van der Waals surface area (Å²) in [6, 6.07) is 0.551. The molecule has 1 aromatic heterocycles. The van der Waals surface area contributed by atoms with Crippen LogP contribution in [-0.4, -0.2) is 38.3 Å². The van der Waals surface area contributed by atoms with Crippen LogP contribution in [0.2, 0.25) is 0 Å². The van der Waals surface area contributed by atoms with Crippen LogP contribution in [0.25, 0.3) is 0 Å². The Morgan fingerprint density at radius 3 is 3.00 bits per heavy atom. The molecular formula is C13H25N3OS. The fourth-order valence-corrected chi connectivity index (χ4v) is 2.62. The topological polar surface area (TPSA) is 37.4 Å². The molecule has 0 aliphatic rings. The van der Waals surface area contributed by atoms with E-state index in [2.05, 4.69) is 41.5 Å². The number of anilines is 1. The maximum absolute atomic E-state index is 4.99. The normalized spacial score (nSPS) is 12.7. The van der Waals surface area contributed by atoms with E-state index in [1.807, 2.05) is 0 Å². The fourth-order valence-electron chi connectivity index (χ4n) is 1.73. The summed E-state index contributed by atoms with van der Waals surface area (Å²) in [5.74, 6) is 0. The molecule has 4 nitrogen and oxygen atoms in total. The molecule has 1 unspecified atom stereocenters. The van der Waals surface area contributed by atoms with Gasteiger partial charge in [-0.2, -0.15) is 0 Å². The highest BCUT2D eigenvalue weighted by Crippen LogP contribution is 2.22. The first-order chi connectivity index (χ1) is 8.69. The summed E-state index contributed by atoms with van der Waals surface area (Å²) in [4.78, 5) is 6.92. The lowest BCUT2D eigenvalue weighted by Crippen LogP contribution is -2.28. The van der Waals surface area contributed by atoms with Gasteiger partial charge in [0, 0.05) is 38.7 Å². The summed E-state index contributed by atoms with van der Waals surface area (Å²) >= 11 is 1.72. The van der Waals surface area contributed by atoms with Crippen molar-refractivity contribution < 1.29 is 4.74 Å². The molecule has 0 fully saturated rings. The first-order valence-electron chi connectivity index (χ1n) is 6.56. The Morgan fingerprint density at radius 2 is 2.33 bits per heavy atom. The molecule has 1 N–H and O–H groups in total. The number of rotatable bonds is 9. The number of ether oxygens (including phenoxy) is 1. The molecular weight excluding hydrogens is 246 g/mol. The predicted octanol–water partition coefficient (Wildman–Crippen LogP) is 2.50. The van der Waals surface area contributed by atoms with E-state index in [-0.39, 0.29) is 0 Å². The third-order valence-corrected chi connectivity index (χ3v) is 3.98. The molecule has 1 rings (SSSR count). The number of thiazole rings is 1. The molecule has 104 valence electrons. The third kappa shape index (κ3) is 4.92. The van der Waals surface area contributed by atoms with Crippen molar-refractivity contribution in [3.8, 4) is 0 Å². The second-order valence-electron chi connectivity index (χ2n) is 4.54. The second kappa shape index (κ2) is 8.45. The van der Waals surface area contributed by atoms with Gasteiger partial charge < -0.3 is 15.0 Å². The molecule has 1 heterocycles. The first-order valence-corrected chi connectivity index (χ1v) is 7.43. The zero-order valence-electron chi connectivity index (χ0n) is 11.9. The van der Waals surface area contributed by atoms with Gasteiger partial charge in [-0.1, -0.05) is 13.3 Å². The van der Waals surface area contributed by atoms with Gasteiger partial charge in [-0.15, -0.1) is 11.3 Å². The van der Waals surface area contributed by atoms with Crippen LogP contribution in [-0.2, 0) is 11.3 Å². The Kier molecular flexibility index (Phi) is 7.23. The molecule has 0 spiro atoms. The number of methoxy groups -OCH3 is 1. The van der Waals surface area contributed by atoms with E-state index in [1.165, 1.54) is 12.8 Å². The lowest BCUT2D eigenvalue weighted by Gasteiger charge is -2.23. The van der Waals surface area contributed by atoms with E-state index in [9.17, 15) is 0 Å². The third-order valence-electron chi connectivity index (χ3n) is 3.00. The largest absolute Gasteiger partial charge is 0.383 e. The van der Waals surface area contributed by atoms with Crippen molar-refractivity contribution in [1.29, 1.82) is 0 Å². The molecule has 1 aromatic rings. The summed E-state index contributed by atoms with van der Waals surface area (Å²) in [5.41, 5.74) is 1.11. The lowest BCUT2D eigenvalue weighted by atomic mass is 10.2. The fraction of sp³-hybridized carbons (Fsp3) is 0.769. The van der Waals surface area contributed by atoms with E-state index >= 15 is 0 Å². The van der Waals surface area contributed by atoms with Crippen LogP contribution in [0, 0.1) is 0 Å². The lowest BCUT2D eigenvalue weighted by molar-refractivity contribution is 0.199. The van der Waals surface area contributed by atoms with Crippen LogP contribution in [0.5, 0.6) is 0 Å². The van der Waals surface area contributed by atoms with E-state index in [4.69, 9.17) is 4.74 Å². The summed E-state index contributed by atoms with van der Waals surface area (Å²) in [6.45, 7) is 6.89. The Bertz CT molecular complexity index is 330. The summed E-state index contributed by atoms with van der Waals surface area (Å²) in [7, 11) is 3.84. The Labute approximate surface area is 114 Å². The number of hydrogen-bond donors (Lipinski definition) is 1. The quantitative estimate of drug-likeness (QED) is 0.700. The molecule has 5 heteroatoms. The van der Waals surface area contributed by atoms with Gasteiger partial charge in [0.15, 0.2) is 5.13 Å². The van der Waals surface area contributed by atoms with E-state index in [1.54, 1.807) is 18.4 Å². The molecule has 1 atom stereocenters. The monoisotopic (exact) mass is 271 g/mol. The van der Waals surface area contributed by atoms with Crippen molar-refractivity contribution in [1.82, 2.24) is 10.3 Å². The zero-order valence-corrected chi connectivity index (χ0v) is 12.7. The average molecular weight is 271 g/mol. The van der Waals surface area contributed by atoms with Crippen LogP contribution in [0.15, 0.2) is 5.38 Å². The molecule has 0 saturated carbocycles. The van der Waals surface area contributed by atoms with Crippen LogP contribution < -0.4 is 10.2 Å². The number of aromatic nitrogens is 1. The van der Waals surface area contributed by atoms with Gasteiger partial charge in [0.1, 0.15) is 0 Å². The minimum Gasteiger partial charge on any atom is -0.383 e.